The van der Waals surface area contributed by atoms with E-state index in [2.05, 4.69) is 10.4 Å². The molecule has 1 aromatic carbocycles. The Kier molecular flexibility index (Phi) is 3.27. The third-order valence-electron chi connectivity index (χ3n) is 2.98. The lowest BCUT2D eigenvalue weighted by Crippen LogP contribution is -2.31. The highest BCUT2D eigenvalue weighted by molar-refractivity contribution is 7.58. The standard InChI is InChI=1S/C11H14ClN4O2P/c12-9-3-1-2-4-10(9)13-11(17)14-19(18,15-5-6-15)16-7-8-16/h1-4H,5-8H2,(H2,13,14,17,18). The van der Waals surface area contributed by atoms with E-state index in [-0.39, 0.29) is 0 Å². The first kappa shape index (κ1) is 12.9. The van der Waals surface area contributed by atoms with E-state index in [0.717, 1.165) is 26.2 Å². The molecule has 2 fully saturated rings. The summed E-state index contributed by atoms with van der Waals surface area (Å²) in [6.45, 7) is 3.06. The van der Waals surface area contributed by atoms with Crippen molar-refractivity contribution >= 4 is 30.9 Å². The molecule has 2 aliphatic rings. The van der Waals surface area contributed by atoms with Gasteiger partial charge in [-0.05, 0) is 12.1 Å². The Balaban J connectivity index is 1.68. The largest absolute Gasteiger partial charge is 0.326 e. The predicted octanol–water partition coefficient (Wildman–Crippen LogP) is 2.20. The van der Waals surface area contributed by atoms with Crippen molar-refractivity contribution in [3.05, 3.63) is 29.3 Å². The molecule has 2 heterocycles. The number of hydrogen-bond donors (Lipinski definition) is 2. The average molecular weight is 301 g/mol. The van der Waals surface area contributed by atoms with Gasteiger partial charge in [0.1, 0.15) is 0 Å². The number of benzene rings is 1. The fourth-order valence-electron chi connectivity index (χ4n) is 1.80. The van der Waals surface area contributed by atoms with Crippen molar-refractivity contribution < 1.29 is 9.36 Å². The van der Waals surface area contributed by atoms with Crippen LogP contribution in [0.25, 0.3) is 0 Å². The quantitative estimate of drug-likeness (QED) is 0.661. The summed E-state index contributed by atoms with van der Waals surface area (Å²) in [5.41, 5.74) is 0.504. The van der Waals surface area contributed by atoms with Crippen molar-refractivity contribution in [2.75, 3.05) is 31.5 Å². The van der Waals surface area contributed by atoms with Crippen LogP contribution >= 0.6 is 19.2 Å². The Hall–Kier alpha value is -1.07. The molecule has 3 rings (SSSR count). The van der Waals surface area contributed by atoms with Crippen LogP contribution in [0.4, 0.5) is 10.5 Å². The number of amides is 2. The molecule has 0 aromatic heterocycles. The van der Waals surface area contributed by atoms with E-state index in [1.165, 1.54) is 0 Å². The predicted molar refractivity (Wildman–Crippen MR) is 74.4 cm³/mol. The molecule has 0 atom stereocenters. The van der Waals surface area contributed by atoms with E-state index >= 15 is 0 Å². The van der Waals surface area contributed by atoms with Gasteiger partial charge in [0.2, 0.25) is 0 Å². The molecule has 2 saturated heterocycles. The Morgan fingerprint density at radius 2 is 1.74 bits per heavy atom. The number of urea groups is 1. The topological polar surface area (TPSA) is 64.2 Å². The van der Waals surface area contributed by atoms with E-state index in [1.54, 1.807) is 33.6 Å². The van der Waals surface area contributed by atoms with E-state index in [0.29, 0.717) is 10.7 Å². The van der Waals surface area contributed by atoms with Gasteiger partial charge in [-0.15, -0.1) is 0 Å². The minimum absolute atomic E-state index is 0.450. The summed E-state index contributed by atoms with van der Waals surface area (Å²) in [5, 5.41) is 5.67. The molecule has 0 saturated carbocycles. The van der Waals surface area contributed by atoms with Gasteiger partial charge in [-0.25, -0.2) is 14.1 Å². The van der Waals surface area contributed by atoms with E-state index in [4.69, 9.17) is 11.6 Å². The highest BCUT2D eigenvalue weighted by Gasteiger charge is 2.49. The number of carbonyl (C=O) groups excluding carboxylic acids is 1. The second-order valence-electron chi connectivity index (χ2n) is 4.50. The number of rotatable bonds is 4. The molecular weight excluding hydrogens is 287 g/mol. The van der Waals surface area contributed by atoms with Gasteiger partial charge in [-0.1, -0.05) is 23.7 Å². The van der Waals surface area contributed by atoms with Gasteiger partial charge in [0.15, 0.2) is 0 Å². The van der Waals surface area contributed by atoms with Crippen LogP contribution in [0.5, 0.6) is 0 Å². The maximum atomic E-state index is 12.7. The van der Waals surface area contributed by atoms with Crippen LogP contribution in [0.1, 0.15) is 0 Å². The van der Waals surface area contributed by atoms with Gasteiger partial charge in [0, 0.05) is 26.2 Å². The maximum Gasteiger partial charge on any atom is 0.326 e. The van der Waals surface area contributed by atoms with Crippen LogP contribution in [-0.2, 0) is 4.57 Å². The molecular formula is C11H14ClN4O2P. The molecule has 0 aliphatic carbocycles. The second-order valence-corrected chi connectivity index (χ2v) is 7.35. The van der Waals surface area contributed by atoms with E-state index in [9.17, 15) is 9.36 Å². The summed E-state index contributed by atoms with van der Waals surface area (Å²) in [6.07, 6.45) is 0. The van der Waals surface area contributed by atoms with Crippen LogP contribution in [0, 0.1) is 0 Å². The summed E-state index contributed by atoms with van der Waals surface area (Å²) >= 11 is 5.96. The average Bonchev–Trinajstić information content (AvgIpc) is 3.24. The van der Waals surface area contributed by atoms with Crippen LogP contribution in [0.3, 0.4) is 0 Å². The van der Waals surface area contributed by atoms with Crippen molar-refractivity contribution in [1.82, 2.24) is 14.4 Å². The molecule has 8 heteroatoms. The summed E-state index contributed by atoms with van der Waals surface area (Å²) in [4.78, 5) is 11.9. The SMILES string of the molecule is O=C(Nc1ccccc1Cl)NP(=O)(N1CC1)N1CC1. The number of nitrogens with one attached hydrogen (secondary N) is 2. The van der Waals surface area contributed by atoms with Crippen molar-refractivity contribution in [2.45, 2.75) is 0 Å². The summed E-state index contributed by atoms with van der Waals surface area (Å²) < 4.78 is 16.2. The Labute approximate surface area is 116 Å². The molecule has 0 unspecified atom stereocenters. The van der Waals surface area contributed by atoms with Gasteiger partial charge in [0.25, 0.3) is 0 Å². The molecule has 0 bridgehead atoms. The zero-order valence-electron chi connectivity index (χ0n) is 10.2. The maximum absolute atomic E-state index is 12.7. The molecule has 2 amide bonds. The van der Waals surface area contributed by atoms with E-state index in [1.807, 2.05) is 0 Å². The van der Waals surface area contributed by atoms with Crippen LogP contribution in [0.2, 0.25) is 5.02 Å². The van der Waals surface area contributed by atoms with Crippen molar-refractivity contribution in [3.63, 3.8) is 0 Å². The number of para-hydroxylation sites is 1. The van der Waals surface area contributed by atoms with Crippen LogP contribution in [0.15, 0.2) is 24.3 Å². The highest BCUT2D eigenvalue weighted by atomic mass is 35.5. The summed E-state index contributed by atoms with van der Waals surface area (Å²) in [5.74, 6) is 0. The highest BCUT2D eigenvalue weighted by Crippen LogP contribution is 2.56. The Morgan fingerprint density at radius 3 is 2.26 bits per heavy atom. The fraction of sp³-hybridized carbons (Fsp3) is 0.364. The normalized spacial score (nSPS) is 19.0. The number of anilines is 1. The first-order valence-corrected chi connectivity index (χ1v) is 8.03. The van der Waals surface area contributed by atoms with Crippen molar-refractivity contribution in [1.29, 1.82) is 0 Å². The Bertz CT molecular complexity index is 543. The van der Waals surface area contributed by atoms with Crippen molar-refractivity contribution in [2.24, 2.45) is 0 Å². The number of halogens is 1. The van der Waals surface area contributed by atoms with Crippen molar-refractivity contribution in [3.8, 4) is 0 Å². The third kappa shape index (κ3) is 2.77. The molecule has 19 heavy (non-hydrogen) atoms. The first-order valence-electron chi connectivity index (χ1n) is 6.04. The van der Waals surface area contributed by atoms with Gasteiger partial charge in [-0.2, -0.15) is 0 Å². The molecule has 0 radical (unpaired) electrons. The smallest absolute Gasteiger partial charge is 0.306 e. The lowest BCUT2D eigenvalue weighted by Gasteiger charge is -2.21. The molecule has 6 nitrogen and oxygen atoms in total. The first-order chi connectivity index (χ1) is 9.09. The lowest BCUT2D eigenvalue weighted by molar-refractivity contribution is 0.255. The van der Waals surface area contributed by atoms with Gasteiger partial charge in [-0.3, -0.25) is 9.65 Å². The molecule has 0 spiro atoms. The molecule has 1 aromatic rings. The third-order valence-corrected chi connectivity index (χ3v) is 6.14. The summed E-state index contributed by atoms with van der Waals surface area (Å²) in [7, 11) is -2.89. The van der Waals surface area contributed by atoms with Gasteiger partial charge >= 0.3 is 13.6 Å². The van der Waals surface area contributed by atoms with Crippen LogP contribution < -0.4 is 10.4 Å². The second kappa shape index (κ2) is 4.80. The minimum atomic E-state index is -2.89. The number of carbonyl (C=O) groups is 1. The zero-order valence-corrected chi connectivity index (χ0v) is 11.8. The molecule has 2 aliphatic heterocycles. The monoisotopic (exact) mass is 300 g/mol. The minimum Gasteiger partial charge on any atom is -0.306 e. The Morgan fingerprint density at radius 1 is 1.16 bits per heavy atom. The number of nitrogens with zero attached hydrogens (tertiary/aromatic N) is 2. The molecule has 102 valence electrons. The number of hydrogen-bond acceptors (Lipinski definition) is 2. The van der Waals surface area contributed by atoms with E-state index < -0.39 is 13.6 Å². The van der Waals surface area contributed by atoms with Gasteiger partial charge < -0.3 is 5.32 Å². The fourth-order valence-corrected chi connectivity index (χ4v) is 4.20. The van der Waals surface area contributed by atoms with Crippen LogP contribution in [-0.4, -0.2) is 41.6 Å². The zero-order chi connectivity index (χ0) is 13.5. The molecule has 2 N–H and O–H groups in total. The summed E-state index contributed by atoms with van der Waals surface area (Å²) in [6, 6.07) is 6.45. The lowest BCUT2D eigenvalue weighted by atomic mass is 10.3. The van der Waals surface area contributed by atoms with Gasteiger partial charge in [0.05, 0.1) is 10.7 Å².